The van der Waals surface area contributed by atoms with E-state index in [1.54, 1.807) is 0 Å². The fraction of sp³-hybridized carbons (Fsp3) is 0.588. The Labute approximate surface area is 138 Å². The van der Waals surface area contributed by atoms with Gasteiger partial charge in [0, 0.05) is 37.7 Å². The second kappa shape index (κ2) is 9.01. The van der Waals surface area contributed by atoms with Crippen LogP contribution in [0.25, 0.3) is 0 Å². The first-order valence-corrected chi connectivity index (χ1v) is 8.57. The number of aryl methyl sites for hydroxylation is 1. The van der Waals surface area contributed by atoms with E-state index in [-0.39, 0.29) is 6.03 Å². The fourth-order valence-electron chi connectivity index (χ4n) is 2.71. The number of hydrogen-bond donors (Lipinski definition) is 1. The highest BCUT2D eigenvalue weighted by atomic mass is 35.5. The molecule has 22 heavy (non-hydrogen) atoms. The molecular formula is C17H26ClN3O. The van der Waals surface area contributed by atoms with E-state index in [0.29, 0.717) is 0 Å². The van der Waals surface area contributed by atoms with E-state index in [0.717, 1.165) is 63.6 Å². The number of nitrogens with zero attached hydrogens (tertiary/aromatic N) is 2. The van der Waals surface area contributed by atoms with Crippen molar-refractivity contribution >= 4 is 17.6 Å². The van der Waals surface area contributed by atoms with Crippen LogP contribution in [0.4, 0.5) is 4.79 Å². The molecule has 4 nitrogen and oxygen atoms in total. The van der Waals surface area contributed by atoms with Crippen LogP contribution in [0.3, 0.4) is 0 Å². The smallest absolute Gasteiger partial charge is 0.317 e. The molecule has 0 spiro atoms. The number of carbonyl (C=O) groups is 1. The van der Waals surface area contributed by atoms with Gasteiger partial charge in [0.25, 0.3) is 0 Å². The monoisotopic (exact) mass is 323 g/mol. The Bertz CT molecular complexity index is 473. The number of rotatable bonds is 6. The standard InChI is InChI=1S/C17H26ClN3O/c1-2-9-19-17(22)21-13-11-20(12-14-21)10-5-7-15-6-3-4-8-16(15)18/h3-4,6,8H,2,5,7,9-14H2,1H3,(H,19,22). The van der Waals surface area contributed by atoms with Gasteiger partial charge in [-0.15, -0.1) is 0 Å². The molecule has 1 heterocycles. The van der Waals surface area contributed by atoms with Gasteiger partial charge < -0.3 is 10.2 Å². The highest BCUT2D eigenvalue weighted by molar-refractivity contribution is 6.31. The minimum Gasteiger partial charge on any atom is -0.338 e. The lowest BCUT2D eigenvalue weighted by molar-refractivity contribution is 0.138. The first-order valence-electron chi connectivity index (χ1n) is 8.19. The molecule has 0 unspecified atom stereocenters. The summed E-state index contributed by atoms with van der Waals surface area (Å²) in [5, 5.41) is 3.80. The van der Waals surface area contributed by atoms with E-state index in [1.807, 2.05) is 23.1 Å². The minimum atomic E-state index is 0.0811. The molecule has 1 N–H and O–H groups in total. The average molecular weight is 324 g/mol. The number of nitrogens with one attached hydrogen (secondary N) is 1. The first kappa shape index (κ1) is 17.1. The maximum absolute atomic E-state index is 11.9. The summed E-state index contributed by atoms with van der Waals surface area (Å²) in [6.45, 7) is 7.46. The molecule has 2 rings (SSSR count). The van der Waals surface area contributed by atoms with Crippen molar-refractivity contribution in [2.24, 2.45) is 0 Å². The lowest BCUT2D eigenvalue weighted by atomic mass is 10.1. The summed E-state index contributed by atoms with van der Waals surface area (Å²) in [6.07, 6.45) is 3.09. The molecule has 1 saturated heterocycles. The van der Waals surface area contributed by atoms with Crippen molar-refractivity contribution in [2.45, 2.75) is 26.2 Å². The molecule has 0 saturated carbocycles. The van der Waals surface area contributed by atoms with Crippen LogP contribution in [0.1, 0.15) is 25.3 Å². The zero-order valence-electron chi connectivity index (χ0n) is 13.4. The maximum atomic E-state index is 11.9. The van der Waals surface area contributed by atoms with Crippen molar-refractivity contribution < 1.29 is 4.79 Å². The molecule has 1 aliphatic heterocycles. The van der Waals surface area contributed by atoms with Crippen molar-refractivity contribution in [3.63, 3.8) is 0 Å². The predicted molar refractivity (Wildman–Crippen MR) is 91.5 cm³/mol. The Hall–Kier alpha value is -1.26. The number of amides is 2. The van der Waals surface area contributed by atoms with Gasteiger partial charge in [0.05, 0.1) is 0 Å². The molecule has 0 atom stereocenters. The van der Waals surface area contributed by atoms with Gasteiger partial charge >= 0.3 is 6.03 Å². The van der Waals surface area contributed by atoms with Crippen LogP contribution in [0.15, 0.2) is 24.3 Å². The molecular weight excluding hydrogens is 298 g/mol. The number of piperazine rings is 1. The van der Waals surface area contributed by atoms with Crippen LogP contribution < -0.4 is 5.32 Å². The third kappa shape index (κ3) is 5.18. The lowest BCUT2D eigenvalue weighted by Crippen LogP contribution is -2.52. The van der Waals surface area contributed by atoms with Crippen molar-refractivity contribution in [3.05, 3.63) is 34.9 Å². The fourth-order valence-corrected chi connectivity index (χ4v) is 2.94. The minimum absolute atomic E-state index is 0.0811. The summed E-state index contributed by atoms with van der Waals surface area (Å²) in [5.74, 6) is 0. The van der Waals surface area contributed by atoms with Crippen LogP contribution in [0, 0.1) is 0 Å². The summed E-state index contributed by atoms with van der Waals surface area (Å²) in [7, 11) is 0. The molecule has 0 aromatic heterocycles. The second-order valence-electron chi connectivity index (χ2n) is 5.76. The quantitative estimate of drug-likeness (QED) is 0.873. The normalized spacial score (nSPS) is 15.8. The number of halogens is 1. The Morgan fingerprint density at radius 3 is 2.64 bits per heavy atom. The number of hydrogen-bond acceptors (Lipinski definition) is 2. The molecule has 2 amide bonds. The predicted octanol–water partition coefficient (Wildman–Crippen LogP) is 3.01. The van der Waals surface area contributed by atoms with Gasteiger partial charge in [-0.1, -0.05) is 36.7 Å². The molecule has 0 radical (unpaired) electrons. The molecule has 5 heteroatoms. The Morgan fingerprint density at radius 1 is 1.23 bits per heavy atom. The van der Waals surface area contributed by atoms with Crippen LogP contribution in [0.2, 0.25) is 5.02 Å². The van der Waals surface area contributed by atoms with Crippen molar-refractivity contribution in [1.82, 2.24) is 15.1 Å². The van der Waals surface area contributed by atoms with Gasteiger partial charge in [0.2, 0.25) is 0 Å². The highest BCUT2D eigenvalue weighted by Gasteiger charge is 2.20. The summed E-state index contributed by atoms with van der Waals surface area (Å²) in [4.78, 5) is 16.2. The third-order valence-electron chi connectivity index (χ3n) is 4.06. The number of benzene rings is 1. The van der Waals surface area contributed by atoms with Crippen molar-refractivity contribution in [1.29, 1.82) is 0 Å². The second-order valence-corrected chi connectivity index (χ2v) is 6.16. The third-order valence-corrected chi connectivity index (χ3v) is 4.43. The summed E-state index contributed by atoms with van der Waals surface area (Å²) < 4.78 is 0. The molecule has 1 aliphatic rings. The average Bonchev–Trinajstić information content (AvgIpc) is 2.55. The van der Waals surface area contributed by atoms with E-state index < -0.39 is 0 Å². The maximum Gasteiger partial charge on any atom is 0.317 e. The van der Waals surface area contributed by atoms with E-state index >= 15 is 0 Å². The van der Waals surface area contributed by atoms with Crippen LogP contribution >= 0.6 is 11.6 Å². The molecule has 122 valence electrons. The highest BCUT2D eigenvalue weighted by Crippen LogP contribution is 2.16. The largest absolute Gasteiger partial charge is 0.338 e. The zero-order valence-corrected chi connectivity index (χ0v) is 14.1. The van der Waals surface area contributed by atoms with E-state index in [1.165, 1.54) is 5.56 Å². The van der Waals surface area contributed by atoms with Crippen LogP contribution in [-0.2, 0) is 6.42 Å². The molecule has 1 fully saturated rings. The molecule has 0 aliphatic carbocycles. The molecule has 0 bridgehead atoms. The topological polar surface area (TPSA) is 35.6 Å². The Morgan fingerprint density at radius 2 is 1.95 bits per heavy atom. The van der Waals surface area contributed by atoms with Gasteiger partial charge in [-0.05, 0) is 37.4 Å². The van der Waals surface area contributed by atoms with Crippen LogP contribution in [0.5, 0.6) is 0 Å². The van der Waals surface area contributed by atoms with Crippen molar-refractivity contribution in [3.8, 4) is 0 Å². The number of urea groups is 1. The van der Waals surface area contributed by atoms with Crippen molar-refractivity contribution in [2.75, 3.05) is 39.3 Å². The van der Waals surface area contributed by atoms with Gasteiger partial charge in [-0.3, -0.25) is 4.90 Å². The summed E-state index contributed by atoms with van der Waals surface area (Å²) >= 11 is 6.18. The van der Waals surface area contributed by atoms with E-state index in [2.05, 4.69) is 23.2 Å². The van der Waals surface area contributed by atoms with Gasteiger partial charge in [-0.2, -0.15) is 0 Å². The van der Waals surface area contributed by atoms with E-state index in [4.69, 9.17) is 11.6 Å². The zero-order chi connectivity index (χ0) is 15.8. The molecule has 1 aromatic rings. The van der Waals surface area contributed by atoms with E-state index in [9.17, 15) is 4.79 Å². The Balaban J connectivity index is 1.65. The van der Waals surface area contributed by atoms with Gasteiger partial charge in [0.15, 0.2) is 0 Å². The summed E-state index contributed by atoms with van der Waals surface area (Å²) in [6, 6.07) is 8.13. The Kier molecular flexibility index (Phi) is 7.00. The van der Waals surface area contributed by atoms with Gasteiger partial charge in [0.1, 0.15) is 0 Å². The van der Waals surface area contributed by atoms with Gasteiger partial charge in [-0.25, -0.2) is 4.79 Å². The molecule has 1 aromatic carbocycles. The SMILES string of the molecule is CCCNC(=O)N1CCN(CCCc2ccccc2Cl)CC1. The number of carbonyl (C=O) groups excluding carboxylic acids is 1. The first-order chi connectivity index (χ1) is 10.7. The van der Waals surface area contributed by atoms with Crippen LogP contribution in [-0.4, -0.2) is 55.1 Å². The summed E-state index contributed by atoms with van der Waals surface area (Å²) in [5.41, 5.74) is 1.22. The lowest BCUT2D eigenvalue weighted by Gasteiger charge is -2.34.